The quantitative estimate of drug-likeness (QED) is 0.517. The summed E-state index contributed by atoms with van der Waals surface area (Å²) >= 11 is 0. The molecule has 0 atom stereocenters. The average Bonchev–Trinajstić information content (AvgIpc) is 3.67. The molecule has 0 unspecified atom stereocenters. The molecule has 0 radical (unpaired) electrons. The van der Waals surface area contributed by atoms with Crippen LogP contribution < -0.4 is 20.7 Å². The van der Waals surface area contributed by atoms with Gasteiger partial charge in [-0.05, 0) is 67.6 Å². The van der Waals surface area contributed by atoms with E-state index < -0.39 is 5.97 Å². The Morgan fingerprint density at radius 1 is 1.09 bits per heavy atom. The molecule has 3 aliphatic rings. The first-order chi connectivity index (χ1) is 17.0. The standard InChI is InChI=1S/C26H33N5O4/c27-23-22-24(30-26(29-23)28-12-11-16-1-2-16)35-14-13-31(25(22)34)20-9-7-19(8-10-20)18-5-3-17(4-6-18)15-21(32)33/h7-10,16-18H,1-6,11-15H2,(H,32,33)(H3,27,28,29,30)/t17-,18-. The SMILES string of the molecule is Nc1nc(NCCC2CC2)nc2c1C(=O)N(c1ccc([C@H]3CC[C@H](CC(=O)O)CC3)cc1)CCO2. The molecule has 2 fully saturated rings. The van der Waals surface area contributed by atoms with Gasteiger partial charge in [0.2, 0.25) is 11.8 Å². The Kier molecular flexibility index (Phi) is 6.74. The highest BCUT2D eigenvalue weighted by Crippen LogP contribution is 2.38. The molecule has 9 nitrogen and oxygen atoms in total. The average molecular weight is 480 g/mol. The number of aliphatic carboxylic acids is 1. The van der Waals surface area contributed by atoms with Crippen LogP contribution in [0.4, 0.5) is 17.5 Å². The van der Waals surface area contributed by atoms with Gasteiger partial charge < -0.3 is 25.8 Å². The number of fused-ring (bicyclic) bond motifs is 1. The Labute approximate surface area is 205 Å². The monoisotopic (exact) mass is 479 g/mol. The van der Waals surface area contributed by atoms with Gasteiger partial charge in [0.1, 0.15) is 18.0 Å². The predicted molar refractivity (Wildman–Crippen MR) is 133 cm³/mol. The van der Waals surface area contributed by atoms with Crippen molar-refractivity contribution < 1.29 is 19.4 Å². The summed E-state index contributed by atoms with van der Waals surface area (Å²) in [7, 11) is 0. The van der Waals surface area contributed by atoms with Crippen LogP contribution in [0.5, 0.6) is 5.88 Å². The number of amides is 1. The molecule has 2 aromatic rings. The fourth-order valence-corrected chi connectivity index (χ4v) is 5.23. The summed E-state index contributed by atoms with van der Waals surface area (Å²) in [6.45, 7) is 1.47. The number of nitrogen functional groups attached to an aromatic ring is 1. The zero-order chi connectivity index (χ0) is 24.4. The number of rotatable bonds is 8. The van der Waals surface area contributed by atoms with Crippen molar-refractivity contribution in [2.75, 3.05) is 35.6 Å². The van der Waals surface area contributed by atoms with E-state index in [-0.39, 0.29) is 35.5 Å². The first kappa shape index (κ1) is 23.4. The topological polar surface area (TPSA) is 131 Å². The van der Waals surface area contributed by atoms with E-state index in [1.165, 1.54) is 18.4 Å². The van der Waals surface area contributed by atoms with Gasteiger partial charge in [-0.25, -0.2) is 0 Å². The van der Waals surface area contributed by atoms with Crippen LogP contribution in [0.1, 0.15) is 73.2 Å². The van der Waals surface area contributed by atoms with Gasteiger partial charge in [-0.1, -0.05) is 25.0 Å². The van der Waals surface area contributed by atoms with Crippen LogP contribution >= 0.6 is 0 Å². The van der Waals surface area contributed by atoms with Gasteiger partial charge in [0.15, 0.2) is 0 Å². The highest BCUT2D eigenvalue weighted by molar-refractivity contribution is 6.10. The summed E-state index contributed by atoms with van der Waals surface area (Å²) in [5.41, 5.74) is 8.40. The van der Waals surface area contributed by atoms with Crippen molar-refractivity contribution in [2.24, 2.45) is 11.8 Å². The highest BCUT2D eigenvalue weighted by Gasteiger charge is 2.30. The second-order valence-corrected chi connectivity index (χ2v) is 9.98. The predicted octanol–water partition coefficient (Wildman–Crippen LogP) is 4.06. The number of hydrogen-bond acceptors (Lipinski definition) is 7. The number of anilines is 3. The number of carboxylic acids is 1. The third-order valence-corrected chi connectivity index (χ3v) is 7.44. The maximum absolute atomic E-state index is 13.4. The van der Waals surface area contributed by atoms with Crippen molar-refractivity contribution in [1.29, 1.82) is 0 Å². The van der Waals surface area contributed by atoms with Gasteiger partial charge in [-0.3, -0.25) is 9.59 Å². The highest BCUT2D eigenvalue weighted by atomic mass is 16.5. The van der Waals surface area contributed by atoms with Crippen LogP contribution in [0.2, 0.25) is 0 Å². The summed E-state index contributed by atoms with van der Waals surface area (Å²) in [5, 5.41) is 12.2. The molecule has 1 amide bonds. The van der Waals surface area contributed by atoms with Crippen LogP contribution in [0.25, 0.3) is 0 Å². The molecular weight excluding hydrogens is 446 g/mol. The maximum atomic E-state index is 13.4. The number of ether oxygens (including phenoxy) is 1. The zero-order valence-electron chi connectivity index (χ0n) is 19.9. The molecular formula is C26H33N5O4. The molecule has 186 valence electrons. The van der Waals surface area contributed by atoms with Crippen LogP contribution in [0, 0.1) is 11.8 Å². The molecule has 2 aliphatic carbocycles. The Morgan fingerprint density at radius 3 is 2.49 bits per heavy atom. The number of benzene rings is 1. The number of carbonyl (C=O) groups excluding carboxylic acids is 1. The second-order valence-electron chi connectivity index (χ2n) is 9.98. The van der Waals surface area contributed by atoms with Gasteiger partial charge in [0, 0.05) is 18.7 Å². The summed E-state index contributed by atoms with van der Waals surface area (Å²) in [6, 6.07) is 8.08. The number of nitrogens with one attached hydrogen (secondary N) is 1. The molecule has 1 aromatic carbocycles. The largest absolute Gasteiger partial charge is 0.481 e. The minimum absolute atomic E-state index is 0.121. The van der Waals surface area contributed by atoms with Gasteiger partial charge in [0.25, 0.3) is 5.91 Å². The normalized spacial score (nSPS) is 22.2. The second kappa shape index (κ2) is 10.1. The third-order valence-electron chi connectivity index (χ3n) is 7.44. The number of aromatic nitrogens is 2. The Morgan fingerprint density at radius 2 is 1.80 bits per heavy atom. The number of carboxylic acid groups (broad SMARTS) is 1. The Bertz CT molecular complexity index is 1080. The van der Waals surface area contributed by atoms with E-state index in [4.69, 9.17) is 15.6 Å². The Balaban J connectivity index is 1.26. The lowest BCUT2D eigenvalue weighted by Gasteiger charge is -2.28. The van der Waals surface area contributed by atoms with E-state index in [2.05, 4.69) is 27.4 Å². The first-order valence-electron chi connectivity index (χ1n) is 12.7. The van der Waals surface area contributed by atoms with Gasteiger partial charge >= 0.3 is 5.97 Å². The van der Waals surface area contributed by atoms with E-state index in [1.54, 1.807) is 4.90 Å². The number of carbonyl (C=O) groups is 2. The van der Waals surface area contributed by atoms with Gasteiger partial charge in [-0.15, -0.1) is 0 Å². The van der Waals surface area contributed by atoms with E-state index in [1.807, 2.05) is 12.1 Å². The van der Waals surface area contributed by atoms with Crippen molar-refractivity contribution >= 4 is 29.3 Å². The van der Waals surface area contributed by atoms with Gasteiger partial charge in [0.05, 0.1) is 6.54 Å². The maximum Gasteiger partial charge on any atom is 0.303 e. The summed E-state index contributed by atoms with van der Waals surface area (Å²) in [5.74, 6) is 1.27. The molecule has 1 aliphatic heterocycles. The minimum Gasteiger partial charge on any atom is -0.481 e. The number of nitrogens with two attached hydrogens (primary N) is 1. The molecule has 0 spiro atoms. The van der Waals surface area contributed by atoms with Crippen molar-refractivity contribution in [3.63, 3.8) is 0 Å². The van der Waals surface area contributed by atoms with Crippen molar-refractivity contribution in [1.82, 2.24) is 9.97 Å². The number of nitrogens with zero attached hydrogens (tertiary/aromatic N) is 3. The summed E-state index contributed by atoms with van der Waals surface area (Å²) in [4.78, 5) is 34.8. The van der Waals surface area contributed by atoms with Gasteiger partial charge in [-0.2, -0.15) is 9.97 Å². The third kappa shape index (κ3) is 5.49. The van der Waals surface area contributed by atoms with E-state index >= 15 is 0 Å². The Hall–Kier alpha value is -3.36. The molecule has 0 bridgehead atoms. The van der Waals surface area contributed by atoms with Crippen molar-refractivity contribution in [2.45, 2.75) is 57.3 Å². The van der Waals surface area contributed by atoms with Crippen LogP contribution in [-0.2, 0) is 4.79 Å². The molecule has 1 aromatic heterocycles. The fourth-order valence-electron chi connectivity index (χ4n) is 5.23. The van der Waals surface area contributed by atoms with E-state index in [0.29, 0.717) is 25.0 Å². The molecule has 0 saturated heterocycles. The van der Waals surface area contributed by atoms with Crippen LogP contribution in [-0.4, -0.2) is 46.6 Å². The molecule has 4 N–H and O–H groups in total. The van der Waals surface area contributed by atoms with Crippen LogP contribution in [0.3, 0.4) is 0 Å². The van der Waals surface area contributed by atoms with Crippen molar-refractivity contribution in [3.05, 3.63) is 35.4 Å². The lowest BCUT2D eigenvalue weighted by Crippen LogP contribution is -2.32. The fraction of sp³-hybridized carbons (Fsp3) is 0.538. The molecule has 2 saturated carbocycles. The lowest BCUT2D eigenvalue weighted by atomic mass is 9.77. The smallest absolute Gasteiger partial charge is 0.303 e. The summed E-state index contributed by atoms with van der Waals surface area (Å²) < 4.78 is 5.81. The summed E-state index contributed by atoms with van der Waals surface area (Å²) in [6.07, 6.45) is 7.78. The number of hydrogen-bond donors (Lipinski definition) is 3. The molecule has 2 heterocycles. The zero-order valence-corrected chi connectivity index (χ0v) is 19.9. The van der Waals surface area contributed by atoms with E-state index in [0.717, 1.165) is 50.3 Å². The van der Waals surface area contributed by atoms with Crippen LogP contribution in [0.15, 0.2) is 24.3 Å². The van der Waals surface area contributed by atoms with E-state index in [9.17, 15) is 9.59 Å². The minimum atomic E-state index is -0.711. The molecule has 35 heavy (non-hydrogen) atoms. The lowest BCUT2D eigenvalue weighted by molar-refractivity contribution is -0.138. The first-order valence-corrected chi connectivity index (χ1v) is 12.7. The molecule has 9 heteroatoms. The van der Waals surface area contributed by atoms with Crippen molar-refractivity contribution in [3.8, 4) is 5.88 Å². The molecule has 5 rings (SSSR count).